The number of rotatable bonds is 8. The van der Waals surface area contributed by atoms with Gasteiger partial charge in [-0.05, 0) is 45.4 Å². The highest BCUT2D eigenvalue weighted by atomic mass is 16.5. The van der Waals surface area contributed by atoms with E-state index in [1.54, 1.807) is 0 Å². The second-order valence-electron chi connectivity index (χ2n) is 6.86. The number of ether oxygens (including phenoxy) is 1. The molecule has 3 nitrogen and oxygen atoms in total. The van der Waals surface area contributed by atoms with Gasteiger partial charge >= 0.3 is 5.97 Å². The van der Waals surface area contributed by atoms with E-state index in [1.165, 1.54) is 22.8 Å². The topological polar surface area (TPSA) is 46.5 Å². The lowest BCUT2D eigenvalue weighted by molar-refractivity contribution is -0.137. The van der Waals surface area contributed by atoms with Crippen molar-refractivity contribution in [2.24, 2.45) is 0 Å². The SMILES string of the molecule is C=CC(=O)OCCc1cc(CO)ccc1-c1ccc(-c2ccccc2)c(CC)c1. The molecule has 29 heavy (non-hydrogen) atoms. The molecule has 0 heterocycles. The summed E-state index contributed by atoms with van der Waals surface area (Å²) in [4.78, 5) is 11.4. The average Bonchev–Trinajstić information content (AvgIpc) is 2.79. The van der Waals surface area contributed by atoms with E-state index in [2.05, 4.69) is 56.0 Å². The smallest absolute Gasteiger partial charge is 0.330 e. The van der Waals surface area contributed by atoms with Gasteiger partial charge in [0.25, 0.3) is 0 Å². The number of aliphatic hydroxyl groups is 1. The lowest BCUT2D eigenvalue weighted by Crippen LogP contribution is -2.06. The fourth-order valence-electron chi connectivity index (χ4n) is 3.51. The summed E-state index contributed by atoms with van der Waals surface area (Å²) in [6, 6.07) is 22.9. The first kappa shape index (κ1) is 20.6. The maximum absolute atomic E-state index is 11.4. The summed E-state index contributed by atoms with van der Waals surface area (Å²) in [6.07, 6.45) is 2.67. The Morgan fingerprint density at radius 1 is 0.966 bits per heavy atom. The highest BCUT2D eigenvalue weighted by Crippen LogP contribution is 2.31. The van der Waals surface area contributed by atoms with Crippen LogP contribution in [-0.2, 0) is 29.0 Å². The summed E-state index contributed by atoms with van der Waals surface area (Å²) in [6.45, 7) is 5.84. The van der Waals surface area contributed by atoms with Crippen LogP contribution in [0.3, 0.4) is 0 Å². The zero-order valence-corrected chi connectivity index (χ0v) is 16.7. The molecular weight excluding hydrogens is 360 g/mol. The minimum atomic E-state index is -0.426. The van der Waals surface area contributed by atoms with Crippen LogP contribution in [0.4, 0.5) is 0 Å². The van der Waals surface area contributed by atoms with Gasteiger partial charge in [0, 0.05) is 12.5 Å². The standard InChI is InChI=1S/C26H26O3/c1-3-20-17-22(11-13-24(20)21-8-6-5-7-9-21)25-12-10-19(18-27)16-23(25)14-15-29-26(28)4-2/h4-13,16-17,27H,2-3,14-15,18H2,1H3. The summed E-state index contributed by atoms with van der Waals surface area (Å²) < 4.78 is 5.16. The molecule has 0 atom stereocenters. The fraction of sp³-hybridized carbons (Fsp3) is 0.192. The Morgan fingerprint density at radius 2 is 1.69 bits per heavy atom. The van der Waals surface area contributed by atoms with Crippen molar-refractivity contribution in [1.82, 2.24) is 0 Å². The van der Waals surface area contributed by atoms with Crippen LogP contribution in [0.15, 0.2) is 79.4 Å². The molecule has 1 N–H and O–H groups in total. The highest BCUT2D eigenvalue weighted by Gasteiger charge is 2.11. The number of aliphatic hydroxyl groups excluding tert-OH is 1. The Hall–Kier alpha value is -3.17. The van der Waals surface area contributed by atoms with Gasteiger partial charge in [0.1, 0.15) is 0 Å². The summed E-state index contributed by atoms with van der Waals surface area (Å²) in [5.74, 6) is -0.426. The van der Waals surface area contributed by atoms with Gasteiger partial charge in [0.15, 0.2) is 0 Å². The molecule has 3 heteroatoms. The van der Waals surface area contributed by atoms with Gasteiger partial charge in [-0.15, -0.1) is 0 Å². The average molecular weight is 386 g/mol. The molecule has 0 unspecified atom stereocenters. The first-order chi connectivity index (χ1) is 14.2. The Morgan fingerprint density at radius 3 is 2.38 bits per heavy atom. The van der Waals surface area contributed by atoms with Crippen LogP contribution in [0.25, 0.3) is 22.3 Å². The van der Waals surface area contributed by atoms with Crippen molar-refractivity contribution in [3.63, 3.8) is 0 Å². The molecule has 3 rings (SSSR count). The summed E-state index contributed by atoms with van der Waals surface area (Å²) in [5.41, 5.74) is 7.83. The van der Waals surface area contributed by atoms with E-state index in [0.29, 0.717) is 6.42 Å². The first-order valence-electron chi connectivity index (χ1n) is 9.86. The number of carbonyl (C=O) groups excluding carboxylic acids is 1. The molecule has 0 aliphatic rings. The zero-order valence-electron chi connectivity index (χ0n) is 16.7. The monoisotopic (exact) mass is 386 g/mol. The van der Waals surface area contributed by atoms with Crippen molar-refractivity contribution in [2.75, 3.05) is 6.61 Å². The number of carbonyl (C=O) groups is 1. The van der Waals surface area contributed by atoms with Crippen molar-refractivity contribution >= 4 is 5.97 Å². The van der Waals surface area contributed by atoms with Crippen LogP contribution >= 0.6 is 0 Å². The largest absolute Gasteiger partial charge is 0.462 e. The van der Waals surface area contributed by atoms with Gasteiger partial charge in [-0.25, -0.2) is 4.79 Å². The Balaban J connectivity index is 1.96. The molecule has 0 saturated carbocycles. The quantitative estimate of drug-likeness (QED) is 0.419. The van der Waals surface area contributed by atoms with Gasteiger partial charge in [-0.1, -0.05) is 80.2 Å². The van der Waals surface area contributed by atoms with Crippen molar-refractivity contribution in [2.45, 2.75) is 26.4 Å². The molecule has 0 aliphatic carbocycles. The van der Waals surface area contributed by atoms with Crippen LogP contribution in [0, 0.1) is 0 Å². The number of hydrogen-bond acceptors (Lipinski definition) is 3. The van der Waals surface area contributed by atoms with Crippen molar-refractivity contribution in [1.29, 1.82) is 0 Å². The normalized spacial score (nSPS) is 10.6. The lowest BCUT2D eigenvalue weighted by Gasteiger charge is -2.15. The molecule has 0 bridgehead atoms. The number of esters is 1. The lowest BCUT2D eigenvalue weighted by atomic mass is 9.91. The Bertz CT molecular complexity index is 990. The highest BCUT2D eigenvalue weighted by molar-refractivity contribution is 5.81. The molecule has 0 fully saturated rings. The molecule has 3 aromatic rings. The molecule has 0 saturated heterocycles. The number of benzene rings is 3. The third-order valence-corrected chi connectivity index (χ3v) is 5.02. The van der Waals surface area contributed by atoms with Crippen molar-refractivity contribution in [3.8, 4) is 22.3 Å². The van der Waals surface area contributed by atoms with Gasteiger partial charge in [0.05, 0.1) is 13.2 Å². The van der Waals surface area contributed by atoms with E-state index < -0.39 is 5.97 Å². The molecule has 3 aromatic carbocycles. The van der Waals surface area contributed by atoms with E-state index >= 15 is 0 Å². The Labute approximate surface area is 172 Å². The third kappa shape index (κ3) is 5.01. The van der Waals surface area contributed by atoms with Gasteiger partial charge < -0.3 is 9.84 Å². The zero-order chi connectivity index (χ0) is 20.6. The van der Waals surface area contributed by atoms with Crippen LogP contribution in [0.5, 0.6) is 0 Å². The van der Waals surface area contributed by atoms with Crippen LogP contribution in [0.2, 0.25) is 0 Å². The number of hydrogen-bond donors (Lipinski definition) is 1. The van der Waals surface area contributed by atoms with Gasteiger partial charge in [-0.2, -0.15) is 0 Å². The maximum Gasteiger partial charge on any atom is 0.330 e. The molecule has 0 radical (unpaired) electrons. The maximum atomic E-state index is 11.4. The van der Waals surface area contributed by atoms with Crippen LogP contribution in [-0.4, -0.2) is 17.7 Å². The van der Waals surface area contributed by atoms with E-state index in [0.717, 1.165) is 28.7 Å². The predicted molar refractivity (Wildman–Crippen MR) is 117 cm³/mol. The predicted octanol–water partition coefficient (Wildman–Crippen LogP) is 5.35. The molecule has 148 valence electrons. The van der Waals surface area contributed by atoms with Gasteiger partial charge in [-0.3, -0.25) is 0 Å². The van der Waals surface area contributed by atoms with E-state index in [1.807, 2.05) is 24.3 Å². The van der Waals surface area contributed by atoms with Crippen LogP contribution in [0.1, 0.15) is 23.6 Å². The molecule has 0 aliphatic heterocycles. The molecule has 0 amide bonds. The summed E-state index contributed by atoms with van der Waals surface area (Å²) >= 11 is 0. The van der Waals surface area contributed by atoms with Crippen molar-refractivity contribution < 1.29 is 14.6 Å². The second-order valence-corrected chi connectivity index (χ2v) is 6.86. The molecular formula is C26H26O3. The van der Waals surface area contributed by atoms with Crippen LogP contribution < -0.4 is 0 Å². The first-order valence-corrected chi connectivity index (χ1v) is 9.86. The Kier molecular flexibility index (Phi) is 6.99. The van der Waals surface area contributed by atoms with E-state index in [9.17, 15) is 9.90 Å². The number of aryl methyl sites for hydroxylation is 1. The van der Waals surface area contributed by atoms with E-state index in [-0.39, 0.29) is 13.2 Å². The summed E-state index contributed by atoms with van der Waals surface area (Å²) in [5, 5.41) is 9.52. The minimum absolute atomic E-state index is 0.0210. The van der Waals surface area contributed by atoms with Gasteiger partial charge in [0.2, 0.25) is 0 Å². The second kappa shape index (κ2) is 9.85. The third-order valence-electron chi connectivity index (χ3n) is 5.02. The molecule has 0 spiro atoms. The minimum Gasteiger partial charge on any atom is -0.462 e. The van der Waals surface area contributed by atoms with E-state index in [4.69, 9.17) is 4.74 Å². The molecule has 0 aromatic heterocycles. The fourth-order valence-corrected chi connectivity index (χ4v) is 3.51. The van der Waals surface area contributed by atoms with Crippen molar-refractivity contribution in [3.05, 3.63) is 96.1 Å². The summed E-state index contributed by atoms with van der Waals surface area (Å²) in [7, 11) is 0.